The molecule has 0 aromatic carbocycles. The molecule has 0 aliphatic heterocycles. The van der Waals surface area contributed by atoms with Gasteiger partial charge < -0.3 is 9.67 Å². The number of aliphatic hydroxyl groups excluding tert-OH is 1. The minimum absolute atomic E-state index is 0.106. The second-order valence-electron chi connectivity index (χ2n) is 6.65. The number of sulfonamides is 1. The van der Waals surface area contributed by atoms with E-state index in [1.54, 1.807) is 23.9 Å². The van der Waals surface area contributed by atoms with Gasteiger partial charge in [-0.2, -0.15) is 0 Å². The lowest BCUT2D eigenvalue weighted by Gasteiger charge is -2.25. The van der Waals surface area contributed by atoms with Crippen LogP contribution in [0.3, 0.4) is 0 Å². The molecule has 6 heteroatoms. The SMILES string of the molecule is CC(C)n1cc(S(=O)(=O)N(C)CC(C)(C)C)cc1CO. The molecular formula is C14H26N2O3S. The first-order valence-electron chi connectivity index (χ1n) is 6.77. The van der Waals surface area contributed by atoms with Crippen molar-refractivity contribution in [3.8, 4) is 0 Å². The Morgan fingerprint density at radius 3 is 2.25 bits per heavy atom. The second-order valence-corrected chi connectivity index (χ2v) is 8.69. The van der Waals surface area contributed by atoms with Crippen molar-refractivity contribution in [3.05, 3.63) is 18.0 Å². The Hall–Kier alpha value is -0.850. The Bertz CT molecular complexity index is 553. The molecule has 0 saturated carbocycles. The molecule has 0 unspecified atom stereocenters. The fraction of sp³-hybridized carbons (Fsp3) is 0.714. The highest BCUT2D eigenvalue weighted by atomic mass is 32.2. The third-order valence-corrected chi connectivity index (χ3v) is 4.80. The van der Waals surface area contributed by atoms with E-state index in [-0.39, 0.29) is 23.0 Å². The van der Waals surface area contributed by atoms with E-state index < -0.39 is 10.0 Å². The minimum Gasteiger partial charge on any atom is -0.390 e. The molecule has 0 aliphatic rings. The first kappa shape index (κ1) is 17.2. The highest BCUT2D eigenvalue weighted by Crippen LogP contribution is 2.24. The Morgan fingerprint density at radius 2 is 1.90 bits per heavy atom. The standard InChI is InChI=1S/C14H26N2O3S/c1-11(2)16-8-13(7-12(16)9-17)20(18,19)15(6)10-14(3,4)5/h7-8,11,17H,9-10H2,1-6H3. The van der Waals surface area contributed by atoms with Gasteiger partial charge in [0.2, 0.25) is 10.0 Å². The van der Waals surface area contributed by atoms with E-state index in [1.165, 1.54) is 4.31 Å². The lowest BCUT2D eigenvalue weighted by Crippen LogP contribution is -2.34. The average molecular weight is 302 g/mol. The van der Waals surface area contributed by atoms with Crippen LogP contribution in [-0.2, 0) is 16.6 Å². The molecule has 1 N–H and O–H groups in total. The van der Waals surface area contributed by atoms with E-state index in [4.69, 9.17) is 0 Å². The Labute approximate surface area is 122 Å². The molecule has 0 saturated heterocycles. The molecule has 116 valence electrons. The van der Waals surface area contributed by atoms with Crippen molar-refractivity contribution in [2.45, 2.75) is 52.2 Å². The predicted molar refractivity (Wildman–Crippen MR) is 80.0 cm³/mol. The molecule has 0 atom stereocenters. The molecular weight excluding hydrogens is 276 g/mol. The Morgan fingerprint density at radius 1 is 1.35 bits per heavy atom. The molecule has 0 fully saturated rings. The van der Waals surface area contributed by atoms with E-state index in [9.17, 15) is 13.5 Å². The van der Waals surface area contributed by atoms with Gasteiger partial charge in [-0.15, -0.1) is 0 Å². The van der Waals surface area contributed by atoms with E-state index in [0.29, 0.717) is 12.2 Å². The van der Waals surface area contributed by atoms with E-state index in [2.05, 4.69) is 0 Å². The fourth-order valence-electron chi connectivity index (χ4n) is 2.18. The second kappa shape index (κ2) is 5.87. The zero-order valence-electron chi connectivity index (χ0n) is 13.2. The first-order valence-corrected chi connectivity index (χ1v) is 8.21. The summed E-state index contributed by atoms with van der Waals surface area (Å²) in [5.74, 6) is 0. The van der Waals surface area contributed by atoms with E-state index in [1.807, 2.05) is 34.6 Å². The monoisotopic (exact) mass is 302 g/mol. The lowest BCUT2D eigenvalue weighted by molar-refractivity contribution is 0.268. The summed E-state index contributed by atoms with van der Waals surface area (Å²) in [4.78, 5) is 0.238. The maximum atomic E-state index is 12.5. The zero-order valence-corrected chi connectivity index (χ0v) is 14.0. The summed E-state index contributed by atoms with van der Waals surface area (Å²) in [5, 5.41) is 9.34. The predicted octanol–water partition coefficient (Wildman–Crippen LogP) is 2.23. The van der Waals surface area contributed by atoms with E-state index in [0.717, 1.165) is 0 Å². The summed E-state index contributed by atoms with van der Waals surface area (Å²) in [7, 11) is -1.93. The highest BCUT2D eigenvalue weighted by molar-refractivity contribution is 7.89. The third kappa shape index (κ3) is 3.84. The van der Waals surface area contributed by atoms with Crippen LogP contribution in [0.25, 0.3) is 0 Å². The topological polar surface area (TPSA) is 62.5 Å². The Balaban J connectivity index is 3.16. The lowest BCUT2D eigenvalue weighted by atomic mass is 9.97. The molecule has 0 amide bonds. The van der Waals surface area contributed by atoms with Crippen molar-refractivity contribution in [3.63, 3.8) is 0 Å². The fourth-order valence-corrected chi connectivity index (χ4v) is 3.63. The van der Waals surface area contributed by atoms with Gasteiger partial charge in [-0.1, -0.05) is 20.8 Å². The average Bonchev–Trinajstić information content (AvgIpc) is 2.70. The molecule has 0 spiro atoms. The van der Waals surface area contributed by atoms with Crippen molar-refractivity contribution >= 4 is 10.0 Å². The van der Waals surface area contributed by atoms with Crippen LogP contribution in [0.4, 0.5) is 0 Å². The maximum absolute atomic E-state index is 12.5. The molecule has 1 rings (SSSR count). The number of rotatable bonds is 5. The number of hydrogen-bond donors (Lipinski definition) is 1. The van der Waals surface area contributed by atoms with Gasteiger partial charge in [0.25, 0.3) is 0 Å². The van der Waals surface area contributed by atoms with Crippen LogP contribution < -0.4 is 0 Å². The number of aromatic nitrogens is 1. The van der Waals surface area contributed by atoms with Gasteiger partial charge in [0, 0.05) is 31.5 Å². The van der Waals surface area contributed by atoms with Gasteiger partial charge in [-0.3, -0.25) is 0 Å². The van der Waals surface area contributed by atoms with Crippen molar-refractivity contribution in [1.29, 1.82) is 0 Å². The quantitative estimate of drug-likeness (QED) is 0.907. The summed E-state index contributed by atoms with van der Waals surface area (Å²) in [6.07, 6.45) is 1.60. The van der Waals surface area contributed by atoms with Gasteiger partial charge in [0.05, 0.1) is 6.61 Å². The first-order chi connectivity index (χ1) is 8.99. The highest BCUT2D eigenvalue weighted by Gasteiger charge is 2.27. The van der Waals surface area contributed by atoms with Crippen molar-refractivity contribution in [2.75, 3.05) is 13.6 Å². The number of hydrogen-bond acceptors (Lipinski definition) is 3. The van der Waals surface area contributed by atoms with Crippen LogP contribution in [0.2, 0.25) is 0 Å². The van der Waals surface area contributed by atoms with Gasteiger partial charge in [-0.05, 0) is 25.3 Å². The van der Waals surface area contributed by atoms with Gasteiger partial charge in [0.15, 0.2) is 0 Å². The van der Waals surface area contributed by atoms with Gasteiger partial charge >= 0.3 is 0 Å². The largest absolute Gasteiger partial charge is 0.390 e. The van der Waals surface area contributed by atoms with E-state index >= 15 is 0 Å². The molecule has 1 aromatic rings. The van der Waals surface area contributed by atoms with Crippen molar-refractivity contribution in [1.82, 2.24) is 8.87 Å². The summed E-state index contributed by atoms with van der Waals surface area (Å²) >= 11 is 0. The summed E-state index contributed by atoms with van der Waals surface area (Å²) < 4.78 is 28.2. The number of aliphatic hydroxyl groups is 1. The van der Waals surface area contributed by atoms with Crippen molar-refractivity contribution < 1.29 is 13.5 Å². The van der Waals surface area contributed by atoms with Crippen LogP contribution >= 0.6 is 0 Å². The molecule has 0 radical (unpaired) electrons. The van der Waals surface area contributed by atoms with Gasteiger partial charge in [-0.25, -0.2) is 12.7 Å². The van der Waals surface area contributed by atoms with Crippen LogP contribution in [-0.4, -0.2) is 36.0 Å². The van der Waals surface area contributed by atoms with Gasteiger partial charge in [0.1, 0.15) is 4.90 Å². The van der Waals surface area contributed by atoms with Crippen LogP contribution in [0.15, 0.2) is 17.2 Å². The smallest absolute Gasteiger partial charge is 0.244 e. The molecule has 1 heterocycles. The summed E-state index contributed by atoms with van der Waals surface area (Å²) in [5.41, 5.74) is 0.505. The molecule has 5 nitrogen and oxygen atoms in total. The van der Waals surface area contributed by atoms with Crippen LogP contribution in [0.1, 0.15) is 46.4 Å². The zero-order chi connectivity index (χ0) is 15.7. The third-order valence-electron chi connectivity index (χ3n) is 3.03. The summed E-state index contributed by atoms with van der Waals surface area (Å²) in [6, 6.07) is 1.66. The molecule has 0 aliphatic carbocycles. The summed E-state index contributed by atoms with van der Waals surface area (Å²) in [6.45, 7) is 10.2. The number of nitrogens with zero attached hydrogens (tertiary/aromatic N) is 2. The molecule has 0 bridgehead atoms. The molecule has 20 heavy (non-hydrogen) atoms. The van der Waals surface area contributed by atoms with Crippen LogP contribution in [0.5, 0.6) is 0 Å². The van der Waals surface area contributed by atoms with Crippen molar-refractivity contribution in [2.24, 2.45) is 5.41 Å². The Kier molecular flexibility index (Phi) is 5.05. The van der Waals surface area contributed by atoms with Crippen LogP contribution in [0, 0.1) is 5.41 Å². The minimum atomic E-state index is -3.52. The molecule has 1 aromatic heterocycles. The maximum Gasteiger partial charge on any atom is 0.244 e. The normalized spacial score (nSPS) is 13.4.